The highest BCUT2D eigenvalue weighted by Crippen LogP contribution is 2.05. The van der Waals surface area contributed by atoms with E-state index < -0.39 is 5.97 Å². The average Bonchev–Trinajstić information content (AvgIpc) is 2.30. The Morgan fingerprint density at radius 1 is 1.59 bits per heavy atom. The van der Waals surface area contributed by atoms with Crippen molar-refractivity contribution in [3.63, 3.8) is 0 Å². The summed E-state index contributed by atoms with van der Waals surface area (Å²) in [5, 5.41) is 0. The van der Waals surface area contributed by atoms with Gasteiger partial charge in [0.15, 0.2) is 0 Å². The number of aromatic nitrogens is 2. The number of nitrogens with zero attached hydrogens (tertiary/aromatic N) is 2. The third-order valence-electron chi connectivity index (χ3n) is 1.92. The van der Waals surface area contributed by atoms with Gasteiger partial charge in [0, 0.05) is 18.7 Å². The molecule has 0 aliphatic heterocycles. The first-order valence-electron chi connectivity index (χ1n) is 4.74. The zero-order valence-corrected chi connectivity index (χ0v) is 9.54. The molecule has 0 unspecified atom stereocenters. The van der Waals surface area contributed by atoms with E-state index in [9.17, 15) is 9.59 Å². The third kappa shape index (κ3) is 3.33. The monoisotopic (exact) mass is 239 g/mol. The van der Waals surface area contributed by atoms with E-state index in [0.717, 1.165) is 0 Å². The van der Waals surface area contributed by atoms with Crippen LogP contribution in [-0.4, -0.2) is 29.7 Å². The summed E-state index contributed by atoms with van der Waals surface area (Å²) in [5.41, 5.74) is 5.05. The van der Waals surface area contributed by atoms with Crippen LogP contribution in [0.3, 0.4) is 0 Å². The van der Waals surface area contributed by atoms with Crippen molar-refractivity contribution in [2.24, 2.45) is 0 Å². The smallest absolute Gasteiger partial charge is 0.330 e. The highest BCUT2D eigenvalue weighted by molar-refractivity contribution is 5.81. The fourth-order valence-electron chi connectivity index (χ4n) is 1.15. The largest absolute Gasteiger partial charge is 0.468 e. The van der Waals surface area contributed by atoms with Crippen LogP contribution in [0.25, 0.3) is 0 Å². The zero-order chi connectivity index (χ0) is 12.8. The molecule has 7 nitrogen and oxygen atoms in total. The standard InChI is InChI=1S/C10H13N3O4/c1-16-9(15)4-3-5-13-8(14)6-7(11)12-10(13)17-2/h3-4,6H,5,11H2,1-2H3. The van der Waals surface area contributed by atoms with Crippen LogP contribution in [0.5, 0.6) is 6.01 Å². The van der Waals surface area contributed by atoms with E-state index in [1.807, 2.05) is 0 Å². The first-order chi connectivity index (χ1) is 8.08. The molecule has 92 valence electrons. The van der Waals surface area contributed by atoms with E-state index in [2.05, 4.69) is 9.72 Å². The van der Waals surface area contributed by atoms with Gasteiger partial charge in [-0.15, -0.1) is 0 Å². The summed E-state index contributed by atoms with van der Waals surface area (Å²) < 4.78 is 10.6. The Morgan fingerprint density at radius 3 is 2.88 bits per heavy atom. The molecule has 0 aliphatic rings. The molecule has 1 heterocycles. The third-order valence-corrected chi connectivity index (χ3v) is 1.92. The fourth-order valence-corrected chi connectivity index (χ4v) is 1.15. The summed E-state index contributed by atoms with van der Waals surface area (Å²) >= 11 is 0. The molecule has 0 saturated carbocycles. The number of hydrogen-bond donors (Lipinski definition) is 1. The van der Waals surface area contributed by atoms with Gasteiger partial charge >= 0.3 is 12.0 Å². The van der Waals surface area contributed by atoms with Crippen molar-refractivity contribution < 1.29 is 14.3 Å². The Bertz CT molecular complexity index is 493. The van der Waals surface area contributed by atoms with Gasteiger partial charge in [0.1, 0.15) is 5.82 Å². The van der Waals surface area contributed by atoms with Crippen LogP contribution in [0, 0.1) is 0 Å². The molecule has 0 spiro atoms. The number of carbonyl (C=O) groups is 1. The van der Waals surface area contributed by atoms with Crippen LogP contribution in [0.15, 0.2) is 23.0 Å². The Labute approximate surface area is 97.5 Å². The number of nitrogens with two attached hydrogens (primary N) is 1. The van der Waals surface area contributed by atoms with Crippen LogP contribution in [-0.2, 0) is 16.1 Å². The normalized spacial score (nSPS) is 10.5. The highest BCUT2D eigenvalue weighted by atomic mass is 16.5. The van der Waals surface area contributed by atoms with E-state index in [-0.39, 0.29) is 23.9 Å². The minimum Gasteiger partial charge on any atom is -0.468 e. The topological polar surface area (TPSA) is 96.4 Å². The minimum atomic E-state index is -0.500. The van der Waals surface area contributed by atoms with E-state index in [4.69, 9.17) is 10.5 Å². The number of nitrogen functional groups attached to an aromatic ring is 1. The lowest BCUT2D eigenvalue weighted by Crippen LogP contribution is -2.22. The molecule has 1 rings (SSSR count). The van der Waals surface area contributed by atoms with Crippen molar-refractivity contribution in [3.05, 3.63) is 28.6 Å². The van der Waals surface area contributed by atoms with Crippen LogP contribution in [0.2, 0.25) is 0 Å². The Hall–Kier alpha value is -2.31. The Kier molecular flexibility index (Phi) is 4.27. The number of rotatable bonds is 4. The second-order valence-corrected chi connectivity index (χ2v) is 3.04. The average molecular weight is 239 g/mol. The summed E-state index contributed by atoms with van der Waals surface area (Å²) in [6, 6.07) is 1.26. The molecule has 1 aromatic rings. The fraction of sp³-hybridized carbons (Fsp3) is 0.300. The highest BCUT2D eigenvalue weighted by Gasteiger charge is 2.05. The number of hydrogen-bond acceptors (Lipinski definition) is 6. The molecule has 0 fully saturated rings. The van der Waals surface area contributed by atoms with Gasteiger partial charge in [-0.05, 0) is 0 Å². The summed E-state index contributed by atoms with van der Waals surface area (Å²) in [6.45, 7) is 0.143. The van der Waals surface area contributed by atoms with Crippen molar-refractivity contribution in [3.8, 4) is 6.01 Å². The molecule has 0 aromatic carbocycles. The number of anilines is 1. The molecule has 17 heavy (non-hydrogen) atoms. The summed E-state index contributed by atoms with van der Waals surface area (Å²) in [7, 11) is 2.64. The lowest BCUT2D eigenvalue weighted by Gasteiger charge is -2.08. The van der Waals surface area contributed by atoms with Gasteiger partial charge in [-0.2, -0.15) is 4.98 Å². The predicted octanol–water partition coefficient (Wildman–Crippen LogP) is -0.437. The number of ether oxygens (including phenoxy) is 2. The number of esters is 1. The molecule has 2 N–H and O–H groups in total. The maximum absolute atomic E-state index is 11.6. The quantitative estimate of drug-likeness (QED) is 0.565. The van der Waals surface area contributed by atoms with Crippen LogP contribution in [0.4, 0.5) is 5.82 Å². The van der Waals surface area contributed by atoms with E-state index >= 15 is 0 Å². The lowest BCUT2D eigenvalue weighted by atomic mass is 10.4. The van der Waals surface area contributed by atoms with Crippen molar-refractivity contribution in [1.82, 2.24) is 9.55 Å². The van der Waals surface area contributed by atoms with Crippen LogP contribution in [0.1, 0.15) is 0 Å². The lowest BCUT2D eigenvalue weighted by molar-refractivity contribution is -0.134. The van der Waals surface area contributed by atoms with Crippen molar-refractivity contribution in [2.45, 2.75) is 6.54 Å². The molecule has 0 aliphatic carbocycles. The van der Waals surface area contributed by atoms with Gasteiger partial charge in [0.25, 0.3) is 5.56 Å². The molecule has 0 radical (unpaired) electrons. The van der Waals surface area contributed by atoms with Crippen molar-refractivity contribution in [1.29, 1.82) is 0 Å². The maximum Gasteiger partial charge on any atom is 0.330 e. The molecular weight excluding hydrogens is 226 g/mol. The van der Waals surface area contributed by atoms with Gasteiger partial charge in [0.2, 0.25) is 0 Å². The van der Waals surface area contributed by atoms with Crippen molar-refractivity contribution >= 4 is 11.8 Å². The van der Waals surface area contributed by atoms with Gasteiger partial charge in [-0.1, -0.05) is 6.08 Å². The molecule has 0 amide bonds. The minimum absolute atomic E-state index is 0.0834. The summed E-state index contributed by atoms with van der Waals surface area (Å²) in [6.07, 6.45) is 2.68. The number of allylic oxidation sites excluding steroid dienone is 1. The van der Waals surface area contributed by atoms with Gasteiger partial charge in [-0.3, -0.25) is 9.36 Å². The maximum atomic E-state index is 11.6. The first-order valence-corrected chi connectivity index (χ1v) is 4.74. The Morgan fingerprint density at radius 2 is 2.29 bits per heavy atom. The summed E-state index contributed by atoms with van der Waals surface area (Å²) in [5.74, 6) is -0.416. The molecule has 7 heteroatoms. The molecule has 0 atom stereocenters. The van der Waals surface area contributed by atoms with E-state index in [1.165, 1.54) is 37.0 Å². The van der Waals surface area contributed by atoms with Gasteiger partial charge < -0.3 is 15.2 Å². The number of carbonyl (C=O) groups excluding carboxylic acids is 1. The zero-order valence-electron chi connectivity index (χ0n) is 9.54. The predicted molar refractivity (Wildman–Crippen MR) is 60.6 cm³/mol. The summed E-state index contributed by atoms with van der Waals surface area (Å²) in [4.78, 5) is 26.2. The van der Waals surface area contributed by atoms with E-state index in [1.54, 1.807) is 0 Å². The second-order valence-electron chi connectivity index (χ2n) is 3.04. The number of methoxy groups -OCH3 is 2. The van der Waals surface area contributed by atoms with Crippen molar-refractivity contribution in [2.75, 3.05) is 20.0 Å². The molecular formula is C10H13N3O4. The molecule has 0 saturated heterocycles. The SMILES string of the molecule is COC(=O)C=CCn1c(OC)nc(N)cc1=O. The van der Waals surface area contributed by atoms with Gasteiger partial charge in [0.05, 0.1) is 14.2 Å². The van der Waals surface area contributed by atoms with Crippen LogP contribution < -0.4 is 16.0 Å². The molecule has 0 bridgehead atoms. The second kappa shape index (κ2) is 5.69. The van der Waals surface area contributed by atoms with Crippen LogP contribution >= 0.6 is 0 Å². The van der Waals surface area contributed by atoms with Gasteiger partial charge in [-0.25, -0.2) is 4.79 Å². The molecule has 1 aromatic heterocycles. The Balaban J connectivity index is 2.94. The first kappa shape index (κ1) is 12.8. The van der Waals surface area contributed by atoms with E-state index in [0.29, 0.717) is 0 Å².